The molecule has 0 radical (unpaired) electrons. The summed E-state index contributed by atoms with van der Waals surface area (Å²) in [7, 11) is 0. The van der Waals surface area contributed by atoms with Gasteiger partial charge in [0.25, 0.3) is 0 Å². The summed E-state index contributed by atoms with van der Waals surface area (Å²) in [5, 5.41) is 2.23. The van der Waals surface area contributed by atoms with Gasteiger partial charge in [-0.25, -0.2) is 9.98 Å². The highest BCUT2D eigenvalue weighted by molar-refractivity contribution is 7.07. The molecule has 0 aliphatic carbocycles. The van der Waals surface area contributed by atoms with Crippen LogP contribution in [0.25, 0.3) is 11.3 Å². The second-order valence-corrected chi connectivity index (χ2v) is 8.37. The minimum atomic E-state index is 0.911. The van der Waals surface area contributed by atoms with Gasteiger partial charge in [-0.2, -0.15) is 0 Å². The maximum atomic E-state index is 5.00. The van der Waals surface area contributed by atoms with E-state index in [2.05, 4.69) is 82.7 Å². The summed E-state index contributed by atoms with van der Waals surface area (Å²) in [6.45, 7) is 8.22. The van der Waals surface area contributed by atoms with Gasteiger partial charge in [-0.05, 0) is 56.0 Å². The molecule has 148 valence electrons. The van der Waals surface area contributed by atoms with E-state index < -0.39 is 0 Å². The summed E-state index contributed by atoms with van der Waals surface area (Å²) >= 11 is 1.71. The van der Waals surface area contributed by atoms with Crippen molar-refractivity contribution >= 4 is 17.0 Å². The topological polar surface area (TPSA) is 35.1 Å². The second kappa shape index (κ2) is 8.62. The van der Waals surface area contributed by atoms with E-state index in [0.717, 1.165) is 30.0 Å². The molecule has 0 amide bonds. The molecule has 0 saturated heterocycles. The Labute approximate surface area is 175 Å². The van der Waals surface area contributed by atoms with Crippen LogP contribution in [0.15, 0.2) is 71.6 Å². The van der Waals surface area contributed by atoms with E-state index in [1.54, 1.807) is 11.3 Å². The highest BCUT2D eigenvalue weighted by Gasteiger charge is 2.09. The average Bonchev–Trinajstić information content (AvgIpc) is 3.32. The maximum Gasteiger partial charge on any atom is 0.190 e. The predicted octanol–water partition coefficient (Wildman–Crippen LogP) is 5.66. The van der Waals surface area contributed by atoms with Crippen molar-refractivity contribution in [2.45, 2.75) is 40.3 Å². The standard InChI is InChI=1S/C24H26N4S/c1-18-5-7-21(8-6-18)23-16-29-24(26-22-14-19(2)13-20(3)15-22)28(23)11-4-10-27-12-9-25-17-27/h5-9,12-17H,4,10-11H2,1-3H3. The van der Waals surface area contributed by atoms with Gasteiger partial charge >= 0.3 is 0 Å². The molecule has 4 aromatic rings. The van der Waals surface area contributed by atoms with Crippen molar-refractivity contribution in [1.82, 2.24) is 14.1 Å². The lowest BCUT2D eigenvalue weighted by atomic mass is 10.1. The lowest BCUT2D eigenvalue weighted by molar-refractivity contribution is 0.559. The predicted molar refractivity (Wildman–Crippen MR) is 120 cm³/mol. The Hall–Kier alpha value is -2.92. The molecule has 4 nitrogen and oxygen atoms in total. The van der Waals surface area contributed by atoms with Crippen LogP contribution in [-0.4, -0.2) is 14.1 Å². The Bertz CT molecular complexity index is 1130. The number of hydrogen-bond donors (Lipinski definition) is 0. The number of aromatic nitrogens is 3. The van der Waals surface area contributed by atoms with Crippen LogP contribution < -0.4 is 4.80 Å². The van der Waals surface area contributed by atoms with E-state index in [4.69, 9.17) is 4.99 Å². The fraction of sp³-hybridized carbons (Fsp3) is 0.250. The van der Waals surface area contributed by atoms with Crippen LogP contribution in [0.1, 0.15) is 23.1 Å². The number of thiazole rings is 1. The van der Waals surface area contributed by atoms with Crippen molar-refractivity contribution in [2.75, 3.05) is 0 Å². The van der Waals surface area contributed by atoms with Gasteiger partial charge in [-0.1, -0.05) is 35.9 Å². The van der Waals surface area contributed by atoms with Crippen LogP contribution in [0, 0.1) is 20.8 Å². The summed E-state index contributed by atoms with van der Waals surface area (Å²) in [6.07, 6.45) is 6.74. The van der Waals surface area contributed by atoms with Crippen LogP contribution in [0.3, 0.4) is 0 Å². The molecule has 0 aliphatic rings. The number of benzene rings is 2. The maximum absolute atomic E-state index is 5.00. The van der Waals surface area contributed by atoms with E-state index in [1.807, 2.05) is 18.7 Å². The third-order valence-electron chi connectivity index (χ3n) is 4.93. The van der Waals surface area contributed by atoms with Crippen molar-refractivity contribution in [1.29, 1.82) is 0 Å². The molecular weight excluding hydrogens is 376 g/mol. The van der Waals surface area contributed by atoms with Gasteiger partial charge in [0.05, 0.1) is 17.7 Å². The van der Waals surface area contributed by atoms with Gasteiger partial charge in [0, 0.05) is 30.9 Å². The summed E-state index contributed by atoms with van der Waals surface area (Å²) < 4.78 is 4.48. The minimum absolute atomic E-state index is 0.911. The first-order valence-electron chi connectivity index (χ1n) is 9.92. The van der Waals surface area contributed by atoms with Gasteiger partial charge in [-0.15, -0.1) is 11.3 Å². The fourth-order valence-electron chi connectivity index (χ4n) is 3.55. The molecule has 0 saturated carbocycles. The summed E-state index contributed by atoms with van der Waals surface area (Å²) in [6, 6.07) is 15.2. The van der Waals surface area contributed by atoms with E-state index in [0.29, 0.717) is 0 Å². The Balaban J connectivity index is 1.71. The zero-order chi connectivity index (χ0) is 20.2. The van der Waals surface area contributed by atoms with Gasteiger partial charge in [0.2, 0.25) is 0 Å². The molecule has 0 spiro atoms. The molecule has 0 aliphatic heterocycles. The van der Waals surface area contributed by atoms with Crippen molar-refractivity contribution in [3.8, 4) is 11.3 Å². The van der Waals surface area contributed by atoms with E-state index >= 15 is 0 Å². The smallest absolute Gasteiger partial charge is 0.190 e. The normalized spacial score (nSPS) is 11.9. The van der Waals surface area contributed by atoms with Gasteiger partial charge in [0.1, 0.15) is 0 Å². The molecular formula is C24H26N4S. The molecule has 4 rings (SSSR count). The number of aryl methyl sites for hydroxylation is 4. The first-order valence-corrected chi connectivity index (χ1v) is 10.8. The van der Waals surface area contributed by atoms with Gasteiger partial charge in [0.15, 0.2) is 4.80 Å². The first kappa shape index (κ1) is 19.4. The number of hydrogen-bond acceptors (Lipinski definition) is 3. The number of rotatable bonds is 6. The summed E-state index contributed by atoms with van der Waals surface area (Å²) in [5.74, 6) is 0. The van der Waals surface area contributed by atoms with Crippen LogP contribution in [-0.2, 0) is 13.1 Å². The minimum Gasteiger partial charge on any atom is -0.337 e. The molecule has 2 aromatic heterocycles. The Morgan fingerprint density at radius 1 is 0.931 bits per heavy atom. The Morgan fingerprint density at radius 2 is 1.69 bits per heavy atom. The second-order valence-electron chi connectivity index (χ2n) is 7.53. The van der Waals surface area contributed by atoms with E-state index in [1.165, 1.54) is 27.9 Å². The summed E-state index contributed by atoms with van der Waals surface area (Å²) in [4.78, 5) is 10.2. The van der Waals surface area contributed by atoms with Gasteiger partial charge in [-0.3, -0.25) is 0 Å². The van der Waals surface area contributed by atoms with Crippen LogP contribution in [0.4, 0.5) is 5.69 Å². The quantitative estimate of drug-likeness (QED) is 0.410. The molecule has 2 aromatic carbocycles. The van der Waals surface area contributed by atoms with Crippen LogP contribution in [0.2, 0.25) is 0 Å². The Kier molecular flexibility index (Phi) is 5.76. The fourth-order valence-corrected chi connectivity index (χ4v) is 4.50. The molecule has 0 unspecified atom stereocenters. The van der Waals surface area contributed by atoms with Crippen molar-refractivity contribution < 1.29 is 0 Å². The molecule has 2 heterocycles. The van der Waals surface area contributed by atoms with Crippen molar-refractivity contribution in [3.05, 3.63) is 88.1 Å². The molecule has 5 heteroatoms. The lowest BCUT2D eigenvalue weighted by Gasteiger charge is -2.10. The number of imidazole rings is 1. The largest absolute Gasteiger partial charge is 0.337 e. The molecule has 0 fully saturated rings. The first-order chi connectivity index (χ1) is 14.1. The molecule has 0 bridgehead atoms. The Morgan fingerprint density at radius 3 is 2.38 bits per heavy atom. The van der Waals surface area contributed by atoms with E-state index in [9.17, 15) is 0 Å². The molecule has 0 N–H and O–H groups in total. The van der Waals surface area contributed by atoms with Crippen molar-refractivity contribution in [3.63, 3.8) is 0 Å². The molecule has 0 atom stereocenters. The lowest BCUT2D eigenvalue weighted by Crippen LogP contribution is -2.17. The summed E-state index contributed by atoms with van der Waals surface area (Å²) in [5.41, 5.74) is 7.23. The highest BCUT2D eigenvalue weighted by atomic mass is 32.1. The molecule has 29 heavy (non-hydrogen) atoms. The van der Waals surface area contributed by atoms with Crippen LogP contribution >= 0.6 is 11.3 Å². The number of nitrogens with zero attached hydrogens (tertiary/aromatic N) is 4. The van der Waals surface area contributed by atoms with E-state index in [-0.39, 0.29) is 0 Å². The zero-order valence-corrected chi connectivity index (χ0v) is 18.0. The SMILES string of the molecule is Cc1ccc(-c2csc(=Nc3cc(C)cc(C)c3)n2CCCn2ccnc2)cc1. The van der Waals surface area contributed by atoms with Crippen molar-refractivity contribution in [2.24, 2.45) is 4.99 Å². The zero-order valence-electron chi connectivity index (χ0n) is 17.2. The highest BCUT2D eigenvalue weighted by Crippen LogP contribution is 2.22. The average molecular weight is 403 g/mol. The van der Waals surface area contributed by atoms with Crippen LogP contribution in [0.5, 0.6) is 0 Å². The monoisotopic (exact) mass is 402 g/mol. The third kappa shape index (κ3) is 4.74. The third-order valence-corrected chi connectivity index (χ3v) is 5.80. The van der Waals surface area contributed by atoms with Gasteiger partial charge < -0.3 is 9.13 Å².